The molecule has 18 heavy (non-hydrogen) atoms. The molecule has 5 nitrogen and oxygen atoms in total. The maximum atomic E-state index is 11.1. The zero-order valence-electron chi connectivity index (χ0n) is 11.5. The predicted octanol–water partition coefficient (Wildman–Crippen LogP) is 0.925. The van der Waals surface area contributed by atoms with Crippen molar-refractivity contribution in [2.24, 2.45) is 5.92 Å². The number of methoxy groups -OCH3 is 1. The first kappa shape index (κ1) is 15.4. The second-order valence-electron chi connectivity index (χ2n) is 4.62. The second-order valence-corrected chi connectivity index (χ2v) is 4.62. The molecule has 0 aromatic heterocycles. The van der Waals surface area contributed by atoms with Crippen LogP contribution in [-0.2, 0) is 19.0 Å². The predicted molar refractivity (Wildman–Crippen MR) is 68.5 cm³/mol. The first-order valence-corrected chi connectivity index (χ1v) is 6.71. The number of hydrogen-bond acceptors (Lipinski definition) is 5. The third-order valence-corrected chi connectivity index (χ3v) is 3.08. The van der Waals surface area contributed by atoms with Crippen molar-refractivity contribution in [3.63, 3.8) is 0 Å². The van der Waals surface area contributed by atoms with Crippen molar-refractivity contribution in [1.82, 2.24) is 4.90 Å². The number of nitrogens with zero attached hydrogens (tertiary/aromatic N) is 1. The summed E-state index contributed by atoms with van der Waals surface area (Å²) in [6.45, 7) is 6.73. The minimum absolute atomic E-state index is 0.0587. The summed E-state index contributed by atoms with van der Waals surface area (Å²) >= 11 is 0. The maximum absolute atomic E-state index is 11.1. The molecule has 0 spiro atoms. The molecule has 1 aliphatic rings. The van der Waals surface area contributed by atoms with Crippen molar-refractivity contribution in [2.45, 2.75) is 19.8 Å². The van der Waals surface area contributed by atoms with E-state index in [0.29, 0.717) is 19.1 Å². The van der Waals surface area contributed by atoms with Gasteiger partial charge < -0.3 is 19.1 Å². The van der Waals surface area contributed by atoms with Gasteiger partial charge >= 0.3 is 5.97 Å². The van der Waals surface area contributed by atoms with Crippen LogP contribution in [0, 0.1) is 5.92 Å². The van der Waals surface area contributed by atoms with Gasteiger partial charge in [0.15, 0.2) is 0 Å². The Bertz CT molecular complexity index is 233. The van der Waals surface area contributed by atoms with Crippen LogP contribution < -0.4 is 0 Å². The van der Waals surface area contributed by atoms with Gasteiger partial charge in [0.05, 0.1) is 19.8 Å². The monoisotopic (exact) mass is 259 g/mol. The van der Waals surface area contributed by atoms with Crippen molar-refractivity contribution in [3.8, 4) is 0 Å². The summed E-state index contributed by atoms with van der Waals surface area (Å²) in [5, 5.41) is 0. The average Bonchev–Trinajstić information content (AvgIpc) is 2.36. The highest BCUT2D eigenvalue weighted by Crippen LogP contribution is 2.16. The highest BCUT2D eigenvalue weighted by molar-refractivity contribution is 5.70. The van der Waals surface area contributed by atoms with Crippen LogP contribution >= 0.6 is 0 Å². The first-order valence-electron chi connectivity index (χ1n) is 6.71. The fourth-order valence-corrected chi connectivity index (χ4v) is 2.28. The molecule has 0 amide bonds. The van der Waals surface area contributed by atoms with E-state index in [-0.39, 0.29) is 12.6 Å². The number of esters is 1. The van der Waals surface area contributed by atoms with Crippen molar-refractivity contribution in [3.05, 3.63) is 0 Å². The van der Waals surface area contributed by atoms with Gasteiger partial charge in [-0.2, -0.15) is 0 Å². The molecule has 0 aromatic carbocycles. The zero-order chi connectivity index (χ0) is 13.2. The molecule has 1 aliphatic heterocycles. The quantitative estimate of drug-likeness (QED) is 0.479. The lowest BCUT2D eigenvalue weighted by molar-refractivity contribution is -0.148. The summed E-state index contributed by atoms with van der Waals surface area (Å²) in [6.07, 6.45) is 2.46. The molecule has 5 heteroatoms. The van der Waals surface area contributed by atoms with E-state index in [1.165, 1.54) is 12.8 Å². The number of hydrogen-bond donors (Lipinski definition) is 0. The van der Waals surface area contributed by atoms with Crippen LogP contribution in [0.25, 0.3) is 0 Å². The molecule has 1 heterocycles. The fourth-order valence-electron chi connectivity index (χ4n) is 2.28. The van der Waals surface area contributed by atoms with E-state index >= 15 is 0 Å². The molecule has 1 atom stereocenters. The van der Waals surface area contributed by atoms with Gasteiger partial charge in [0.2, 0.25) is 0 Å². The van der Waals surface area contributed by atoms with E-state index in [1.807, 2.05) is 0 Å². The Balaban J connectivity index is 2.06. The van der Waals surface area contributed by atoms with Crippen molar-refractivity contribution in [1.29, 1.82) is 0 Å². The summed E-state index contributed by atoms with van der Waals surface area (Å²) in [6, 6.07) is 0. The first-order chi connectivity index (χ1) is 8.76. The SMILES string of the molecule is CCOC(=O)COCCN1CCCC(COC)C1. The van der Waals surface area contributed by atoms with Gasteiger partial charge in [0, 0.05) is 20.2 Å². The number of piperidine rings is 1. The number of ether oxygens (including phenoxy) is 3. The van der Waals surface area contributed by atoms with Crippen LogP contribution in [0.5, 0.6) is 0 Å². The molecule has 1 unspecified atom stereocenters. The van der Waals surface area contributed by atoms with Crippen LogP contribution in [0.3, 0.4) is 0 Å². The Morgan fingerprint density at radius 3 is 3.00 bits per heavy atom. The van der Waals surface area contributed by atoms with Gasteiger partial charge in [-0.1, -0.05) is 0 Å². The van der Waals surface area contributed by atoms with Gasteiger partial charge in [0.1, 0.15) is 6.61 Å². The smallest absolute Gasteiger partial charge is 0.332 e. The Kier molecular flexibility index (Phi) is 7.96. The summed E-state index contributed by atoms with van der Waals surface area (Å²) in [5.41, 5.74) is 0. The lowest BCUT2D eigenvalue weighted by Crippen LogP contribution is -2.39. The van der Waals surface area contributed by atoms with Crippen LogP contribution in [-0.4, -0.2) is 64.0 Å². The normalized spacial score (nSPS) is 20.9. The summed E-state index contributed by atoms with van der Waals surface area (Å²) in [4.78, 5) is 13.4. The van der Waals surface area contributed by atoms with Gasteiger partial charge in [-0.3, -0.25) is 0 Å². The van der Waals surface area contributed by atoms with Gasteiger partial charge in [-0.15, -0.1) is 0 Å². The summed E-state index contributed by atoms with van der Waals surface area (Å²) in [7, 11) is 1.75. The number of carbonyl (C=O) groups is 1. The molecule has 106 valence electrons. The Morgan fingerprint density at radius 2 is 2.28 bits per heavy atom. The Hall–Kier alpha value is -0.650. The standard InChI is InChI=1S/C13H25NO4/c1-3-18-13(15)11-17-8-7-14-6-4-5-12(9-14)10-16-2/h12H,3-11H2,1-2H3. The largest absolute Gasteiger partial charge is 0.464 e. The highest BCUT2D eigenvalue weighted by Gasteiger charge is 2.19. The van der Waals surface area contributed by atoms with Crippen LogP contribution in [0.4, 0.5) is 0 Å². The fraction of sp³-hybridized carbons (Fsp3) is 0.923. The van der Waals surface area contributed by atoms with E-state index in [1.54, 1.807) is 14.0 Å². The minimum Gasteiger partial charge on any atom is -0.464 e. The third kappa shape index (κ3) is 6.33. The maximum Gasteiger partial charge on any atom is 0.332 e. The topological polar surface area (TPSA) is 48.0 Å². The zero-order valence-corrected chi connectivity index (χ0v) is 11.5. The van der Waals surface area contributed by atoms with Gasteiger partial charge in [0.25, 0.3) is 0 Å². The van der Waals surface area contributed by atoms with Gasteiger partial charge in [-0.25, -0.2) is 4.79 Å². The molecule has 1 rings (SSSR count). The van der Waals surface area contributed by atoms with E-state index in [9.17, 15) is 4.79 Å². The van der Waals surface area contributed by atoms with Crippen molar-refractivity contribution >= 4 is 5.97 Å². The number of rotatable bonds is 8. The van der Waals surface area contributed by atoms with Crippen LogP contribution in [0.1, 0.15) is 19.8 Å². The Morgan fingerprint density at radius 1 is 1.44 bits per heavy atom. The molecular formula is C13H25NO4. The van der Waals surface area contributed by atoms with Crippen LogP contribution in [0.2, 0.25) is 0 Å². The molecule has 0 radical (unpaired) electrons. The average molecular weight is 259 g/mol. The van der Waals surface area contributed by atoms with E-state index < -0.39 is 0 Å². The molecule has 0 bridgehead atoms. The van der Waals surface area contributed by atoms with Crippen LogP contribution in [0.15, 0.2) is 0 Å². The minimum atomic E-state index is -0.284. The summed E-state index contributed by atoms with van der Waals surface area (Å²) in [5.74, 6) is 0.349. The van der Waals surface area contributed by atoms with Gasteiger partial charge in [-0.05, 0) is 32.2 Å². The number of likely N-dealkylation sites (tertiary alicyclic amines) is 1. The lowest BCUT2D eigenvalue weighted by atomic mass is 9.99. The molecule has 0 aromatic rings. The molecule has 0 saturated carbocycles. The molecule has 1 fully saturated rings. The molecule has 0 aliphatic carbocycles. The molecule has 0 N–H and O–H groups in total. The van der Waals surface area contributed by atoms with E-state index in [4.69, 9.17) is 14.2 Å². The molecule has 1 saturated heterocycles. The highest BCUT2D eigenvalue weighted by atomic mass is 16.6. The lowest BCUT2D eigenvalue weighted by Gasteiger charge is -2.32. The summed E-state index contributed by atoms with van der Waals surface area (Å²) < 4.78 is 15.3. The Labute approximate surface area is 109 Å². The third-order valence-electron chi connectivity index (χ3n) is 3.08. The van der Waals surface area contributed by atoms with E-state index in [0.717, 1.165) is 26.2 Å². The van der Waals surface area contributed by atoms with Crippen molar-refractivity contribution in [2.75, 3.05) is 53.2 Å². The van der Waals surface area contributed by atoms with E-state index in [2.05, 4.69) is 4.90 Å². The molecular weight excluding hydrogens is 234 g/mol. The second kappa shape index (κ2) is 9.30. The van der Waals surface area contributed by atoms with Crippen molar-refractivity contribution < 1.29 is 19.0 Å². The number of carbonyl (C=O) groups excluding carboxylic acids is 1.